The lowest BCUT2D eigenvalue weighted by Crippen LogP contribution is -2.17. The van der Waals surface area contributed by atoms with Gasteiger partial charge in [0, 0.05) is 43.8 Å². The van der Waals surface area contributed by atoms with Crippen molar-refractivity contribution in [2.75, 3.05) is 5.32 Å². The number of aromatic nitrogens is 5. The summed E-state index contributed by atoms with van der Waals surface area (Å²) in [5, 5.41) is 5.33. The van der Waals surface area contributed by atoms with Crippen molar-refractivity contribution in [1.29, 1.82) is 0 Å². The number of imidazole rings is 1. The summed E-state index contributed by atoms with van der Waals surface area (Å²) in [6.07, 6.45) is 12.8. The molecule has 0 spiro atoms. The van der Waals surface area contributed by atoms with Crippen LogP contribution in [0.5, 0.6) is 0 Å². The van der Waals surface area contributed by atoms with E-state index in [0.717, 1.165) is 17.0 Å². The molecule has 140 valence electrons. The number of rotatable bonds is 6. The Morgan fingerprint density at radius 1 is 1.21 bits per heavy atom. The SMILES string of the molecule is Cn1cnc(/C=C/c2csc(NC(=O)c3cccn3Cc3ccncc3)n2)c1. The van der Waals surface area contributed by atoms with E-state index in [-0.39, 0.29) is 5.91 Å². The minimum absolute atomic E-state index is 0.186. The summed E-state index contributed by atoms with van der Waals surface area (Å²) >= 11 is 1.39. The van der Waals surface area contributed by atoms with Crippen LogP contribution < -0.4 is 5.32 Å². The first kappa shape index (κ1) is 17.9. The minimum Gasteiger partial charge on any atom is -0.340 e. The van der Waals surface area contributed by atoms with Crippen molar-refractivity contribution >= 4 is 34.5 Å². The fraction of sp³-hybridized carbons (Fsp3) is 0.100. The molecule has 0 unspecified atom stereocenters. The van der Waals surface area contributed by atoms with Crippen LogP contribution in [0.2, 0.25) is 0 Å². The lowest BCUT2D eigenvalue weighted by atomic mass is 10.2. The van der Waals surface area contributed by atoms with E-state index < -0.39 is 0 Å². The molecule has 0 saturated carbocycles. The second kappa shape index (κ2) is 8.01. The molecule has 1 N–H and O–H groups in total. The number of amides is 1. The highest BCUT2D eigenvalue weighted by atomic mass is 32.1. The van der Waals surface area contributed by atoms with Crippen molar-refractivity contribution in [2.24, 2.45) is 7.05 Å². The van der Waals surface area contributed by atoms with Gasteiger partial charge in [0.15, 0.2) is 5.13 Å². The van der Waals surface area contributed by atoms with E-state index in [1.165, 1.54) is 11.3 Å². The molecular formula is C20H18N6OS. The second-order valence-corrected chi connectivity index (χ2v) is 7.06. The number of nitrogens with one attached hydrogen (secondary N) is 1. The van der Waals surface area contributed by atoms with Crippen LogP contribution in [-0.2, 0) is 13.6 Å². The van der Waals surface area contributed by atoms with Crippen LogP contribution in [0.1, 0.15) is 27.4 Å². The van der Waals surface area contributed by atoms with Gasteiger partial charge in [-0.05, 0) is 42.0 Å². The van der Waals surface area contributed by atoms with Crippen molar-refractivity contribution in [3.05, 3.63) is 83.4 Å². The van der Waals surface area contributed by atoms with Crippen LogP contribution in [0.25, 0.3) is 12.2 Å². The molecule has 1 amide bonds. The lowest BCUT2D eigenvalue weighted by Gasteiger charge is -2.08. The summed E-state index contributed by atoms with van der Waals surface area (Å²) < 4.78 is 3.79. The van der Waals surface area contributed by atoms with Gasteiger partial charge in [-0.15, -0.1) is 11.3 Å². The predicted octanol–water partition coefficient (Wildman–Crippen LogP) is 3.54. The van der Waals surface area contributed by atoms with E-state index in [1.807, 2.05) is 64.3 Å². The van der Waals surface area contributed by atoms with E-state index in [9.17, 15) is 4.79 Å². The van der Waals surface area contributed by atoms with Crippen LogP contribution in [0, 0.1) is 0 Å². The Balaban J connectivity index is 1.43. The molecule has 0 bridgehead atoms. The third-order valence-corrected chi connectivity index (χ3v) is 4.83. The highest BCUT2D eigenvalue weighted by Crippen LogP contribution is 2.19. The van der Waals surface area contributed by atoms with Crippen LogP contribution in [0.3, 0.4) is 0 Å². The van der Waals surface area contributed by atoms with Crippen LogP contribution in [0.4, 0.5) is 5.13 Å². The molecule has 4 heterocycles. The van der Waals surface area contributed by atoms with Crippen molar-refractivity contribution in [3.8, 4) is 0 Å². The minimum atomic E-state index is -0.186. The number of carbonyl (C=O) groups excluding carboxylic acids is 1. The average Bonchev–Trinajstić information content (AvgIpc) is 3.42. The number of nitrogens with zero attached hydrogens (tertiary/aromatic N) is 5. The number of carbonyl (C=O) groups is 1. The highest BCUT2D eigenvalue weighted by Gasteiger charge is 2.13. The van der Waals surface area contributed by atoms with Crippen molar-refractivity contribution in [2.45, 2.75) is 6.54 Å². The van der Waals surface area contributed by atoms with E-state index in [2.05, 4.69) is 20.3 Å². The number of hydrogen-bond donors (Lipinski definition) is 1. The molecule has 0 aliphatic carbocycles. The van der Waals surface area contributed by atoms with E-state index >= 15 is 0 Å². The third kappa shape index (κ3) is 4.24. The topological polar surface area (TPSA) is 77.6 Å². The molecule has 28 heavy (non-hydrogen) atoms. The summed E-state index contributed by atoms with van der Waals surface area (Å²) in [5.41, 5.74) is 3.29. The lowest BCUT2D eigenvalue weighted by molar-refractivity contribution is 0.101. The molecule has 0 aliphatic rings. The van der Waals surface area contributed by atoms with Crippen LogP contribution in [-0.4, -0.2) is 30.0 Å². The van der Waals surface area contributed by atoms with Crippen molar-refractivity contribution in [1.82, 2.24) is 24.1 Å². The molecule has 4 aromatic rings. The Labute approximate surface area is 166 Å². The zero-order valence-corrected chi connectivity index (χ0v) is 16.0. The monoisotopic (exact) mass is 390 g/mol. The number of aryl methyl sites for hydroxylation is 1. The van der Waals surface area contributed by atoms with Crippen LogP contribution in [0.15, 0.2) is 60.8 Å². The van der Waals surface area contributed by atoms with E-state index in [4.69, 9.17) is 0 Å². The van der Waals surface area contributed by atoms with Gasteiger partial charge in [0.1, 0.15) is 5.69 Å². The fourth-order valence-corrected chi connectivity index (χ4v) is 3.39. The average molecular weight is 390 g/mol. The zero-order chi connectivity index (χ0) is 19.3. The summed E-state index contributed by atoms with van der Waals surface area (Å²) in [5.74, 6) is -0.186. The molecule has 0 radical (unpaired) electrons. The Bertz CT molecular complexity index is 1110. The van der Waals surface area contributed by atoms with Crippen LogP contribution >= 0.6 is 11.3 Å². The van der Waals surface area contributed by atoms with Gasteiger partial charge < -0.3 is 9.13 Å². The Morgan fingerprint density at radius 3 is 2.82 bits per heavy atom. The summed E-state index contributed by atoms with van der Waals surface area (Å²) in [7, 11) is 1.92. The number of thiazole rings is 1. The summed E-state index contributed by atoms with van der Waals surface area (Å²) in [4.78, 5) is 25.4. The van der Waals surface area contributed by atoms with Gasteiger partial charge in [0.25, 0.3) is 5.91 Å². The summed E-state index contributed by atoms with van der Waals surface area (Å²) in [6, 6.07) is 7.52. The molecule has 4 rings (SSSR count). The van der Waals surface area contributed by atoms with Crippen molar-refractivity contribution in [3.63, 3.8) is 0 Å². The van der Waals surface area contributed by atoms with E-state index in [0.29, 0.717) is 17.4 Å². The first-order chi connectivity index (χ1) is 13.7. The van der Waals surface area contributed by atoms with Gasteiger partial charge in [-0.2, -0.15) is 0 Å². The largest absolute Gasteiger partial charge is 0.340 e. The first-order valence-electron chi connectivity index (χ1n) is 8.64. The molecule has 0 aromatic carbocycles. The third-order valence-electron chi connectivity index (χ3n) is 4.06. The predicted molar refractivity (Wildman–Crippen MR) is 110 cm³/mol. The molecule has 0 saturated heterocycles. The van der Waals surface area contributed by atoms with Gasteiger partial charge in [0.05, 0.1) is 17.7 Å². The number of anilines is 1. The molecule has 8 heteroatoms. The number of hydrogen-bond acceptors (Lipinski definition) is 5. The molecule has 0 aliphatic heterocycles. The van der Waals surface area contributed by atoms with Gasteiger partial charge in [-0.3, -0.25) is 15.1 Å². The number of pyridine rings is 1. The first-order valence-corrected chi connectivity index (χ1v) is 9.52. The Hall–Kier alpha value is -3.52. The smallest absolute Gasteiger partial charge is 0.274 e. The highest BCUT2D eigenvalue weighted by molar-refractivity contribution is 7.14. The quantitative estimate of drug-likeness (QED) is 0.546. The van der Waals surface area contributed by atoms with Crippen molar-refractivity contribution < 1.29 is 4.79 Å². The molecule has 0 atom stereocenters. The summed E-state index contributed by atoms with van der Waals surface area (Å²) in [6.45, 7) is 0.605. The second-order valence-electron chi connectivity index (χ2n) is 6.21. The van der Waals surface area contributed by atoms with Gasteiger partial charge in [0.2, 0.25) is 0 Å². The van der Waals surface area contributed by atoms with Gasteiger partial charge in [-0.25, -0.2) is 9.97 Å². The molecule has 7 nitrogen and oxygen atoms in total. The fourth-order valence-electron chi connectivity index (χ4n) is 2.71. The Kier molecular flexibility index (Phi) is 5.11. The van der Waals surface area contributed by atoms with Gasteiger partial charge in [-0.1, -0.05) is 0 Å². The van der Waals surface area contributed by atoms with E-state index in [1.54, 1.807) is 24.8 Å². The maximum atomic E-state index is 12.7. The maximum Gasteiger partial charge on any atom is 0.274 e. The molecule has 0 fully saturated rings. The normalized spacial score (nSPS) is 11.2. The maximum absolute atomic E-state index is 12.7. The molecular weight excluding hydrogens is 372 g/mol. The zero-order valence-electron chi connectivity index (χ0n) is 15.2. The van der Waals surface area contributed by atoms with Gasteiger partial charge >= 0.3 is 0 Å². The Morgan fingerprint density at radius 2 is 2.04 bits per heavy atom. The standard InChI is InChI=1S/C20H18N6OS/c1-25-12-16(22-14-25)4-5-17-13-28-20(23-17)24-19(27)18-3-2-10-26(18)11-15-6-8-21-9-7-15/h2-10,12-14H,11H2,1H3,(H,23,24,27)/b5-4+. The molecule has 4 aromatic heterocycles.